The number of hydrogen-bond donors (Lipinski definition) is 2. The molecule has 5 nitrogen and oxygen atoms in total. The van der Waals surface area contributed by atoms with Gasteiger partial charge in [-0.3, -0.25) is 0 Å². The van der Waals surface area contributed by atoms with Gasteiger partial charge >= 0.3 is 5.97 Å². The maximum atomic E-state index is 10.9. The Kier molecular flexibility index (Phi) is 4.32. The fourth-order valence-electron chi connectivity index (χ4n) is 1.79. The molecule has 0 aliphatic heterocycles. The van der Waals surface area contributed by atoms with Crippen LogP contribution in [0.5, 0.6) is 11.6 Å². The quantitative estimate of drug-likeness (QED) is 0.874. The molecule has 0 unspecified atom stereocenters. The molecule has 0 bridgehead atoms. The van der Waals surface area contributed by atoms with E-state index in [9.17, 15) is 4.79 Å². The van der Waals surface area contributed by atoms with Gasteiger partial charge in [-0.15, -0.1) is 0 Å². The first-order chi connectivity index (χ1) is 9.60. The maximum Gasteiger partial charge on any atom is 0.337 e. The van der Waals surface area contributed by atoms with Gasteiger partial charge in [0.1, 0.15) is 5.75 Å². The Morgan fingerprint density at radius 2 is 1.90 bits per heavy atom. The van der Waals surface area contributed by atoms with Crippen LogP contribution in [0.2, 0.25) is 0 Å². The molecule has 1 aromatic heterocycles. The Morgan fingerprint density at radius 1 is 1.20 bits per heavy atom. The fraction of sp³-hybridized carbons (Fsp3) is 0.200. The van der Waals surface area contributed by atoms with E-state index in [4.69, 9.17) is 14.9 Å². The number of carboxylic acid groups (broad SMARTS) is 1. The molecule has 0 fully saturated rings. The lowest BCUT2D eigenvalue weighted by molar-refractivity contribution is 0.0695. The molecular formula is C15H15NO4. The van der Waals surface area contributed by atoms with E-state index in [1.54, 1.807) is 19.1 Å². The van der Waals surface area contributed by atoms with Gasteiger partial charge in [0, 0.05) is 12.7 Å². The summed E-state index contributed by atoms with van der Waals surface area (Å²) in [5.74, 6) is -0.0426. The Balaban J connectivity index is 2.13. The fourth-order valence-corrected chi connectivity index (χ4v) is 1.79. The number of carbonyl (C=O) groups is 1. The van der Waals surface area contributed by atoms with E-state index in [0.29, 0.717) is 23.7 Å². The molecule has 0 saturated heterocycles. The van der Waals surface area contributed by atoms with E-state index < -0.39 is 5.97 Å². The smallest absolute Gasteiger partial charge is 0.337 e. The van der Waals surface area contributed by atoms with Gasteiger partial charge in [0.15, 0.2) is 0 Å². The second-order valence-corrected chi connectivity index (χ2v) is 4.31. The first kappa shape index (κ1) is 14.0. The Morgan fingerprint density at radius 3 is 2.45 bits per heavy atom. The maximum absolute atomic E-state index is 10.9. The van der Waals surface area contributed by atoms with Crippen LogP contribution in [0.1, 0.15) is 21.6 Å². The first-order valence-electron chi connectivity index (χ1n) is 6.19. The number of hydrogen-bond acceptors (Lipinski definition) is 4. The van der Waals surface area contributed by atoms with Crippen molar-refractivity contribution in [3.05, 3.63) is 53.2 Å². The molecule has 0 radical (unpaired) electrons. The average molecular weight is 273 g/mol. The lowest BCUT2D eigenvalue weighted by Gasteiger charge is -2.07. The van der Waals surface area contributed by atoms with Gasteiger partial charge in [-0.25, -0.2) is 9.78 Å². The third-order valence-corrected chi connectivity index (χ3v) is 2.84. The van der Waals surface area contributed by atoms with Crippen LogP contribution in [-0.2, 0) is 6.42 Å². The van der Waals surface area contributed by atoms with Gasteiger partial charge in [-0.2, -0.15) is 0 Å². The zero-order chi connectivity index (χ0) is 14.5. The monoisotopic (exact) mass is 273 g/mol. The lowest BCUT2D eigenvalue weighted by atomic mass is 10.1. The average Bonchev–Trinajstić information content (AvgIpc) is 2.41. The third kappa shape index (κ3) is 3.33. The predicted octanol–water partition coefficient (Wildman–Crippen LogP) is 2.42. The zero-order valence-electron chi connectivity index (χ0n) is 11.0. The Bertz CT molecular complexity index is 608. The number of aliphatic hydroxyl groups excluding tert-OH is 1. The lowest BCUT2D eigenvalue weighted by Crippen LogP contribution is -2.02. The third-order valence-electron chi connectivity index (χ3n) is 2.84. The van der Waals surface area contributed by atoms with Crippen molar-refractivity contribution in [3.8, 4) is 11.6 Å². The molecule has 5 heteroatoms. The summed E-state index contributed by atoms with van der Waals surface area (Å²) in [6.07, 6.45) is 0.602. The highest BCUT2D eigenvalue weighted by Crippen LogP contribution is 2.21. The molecular weight excluding hydrogens is 258 g/mol. The zero-order valence-corrected chi connectivity index (χ0v) is 11.0. The van der Waals surface area contributed by atoms with Gasteiger partial charge in [0.05, 0.1) is 11.3 Å². The summed E-state index contributed by atoms with van der Waals surface area (Å²) in [7, 11) is 0. The number of aromatic carboxylic acids is 1. The van der Waals surface area contributed by atoms with Crippen molar-refractivity contribution in [3.63, 3.8) is 0 Å². The highest BCUT2D eigenvalue weighted by atomic mass is 16.5. The van der Waals surface area contributed by atoms with Crippen molar-refractivity contribution in [2.75, 3.05) is 6.61 Å². The minimum absolute atomic E-state index is 0.109. The molecule has 1 heterocycles. The van der Waals surface area contributed by atoms with E-state index in [-0.39, 0.29) is 12.2 Å². The number of aryl methyl sites for hydroxylation is 1. The highest BCUT2D eigenvalue weighted by molar-refractivity contribution is 5.88. The van der Waals surface area contributed by atoms with E-state index in [0.717, 1.165) is 5.56 Å². The number of benzene rings is 1. The van der Waals surface area contributed by atoms with Gasteiger partial charge in [0.25, 0.3) is 0 Å². The number of ether oxygens (including phenoxy) is 1. The molecule has 0 spiro atoms. The van der Waals surface area contributed by atoms with Crippen LogP contribution >= 0.6 is 0 Å². The molecule has 2 N–H and O–H groups in total. The van der Waals surface area contributed by atoms with Crippen LogP contribution in [0, 0.1) is 6.92 Å². The largest absolute Gasteiger partial charge is 0.478 e. The van der Waals surface area contributed by atoms with Crippen LogP contribution in [-0.4, -0.2) is 27.8 Å². The SMILES string of the molecule is Cc1nc(Oc2ccc(CCO)cc2)ccc1C(=O)O. The van der Waals surface area contributed by atoms with E-state index in [1.807, 2.05) is 12.1 Å². The topological polar surface area (TPSA) is 79.7 Å². The number of rotatable bonds is 5. The van der Waals surface area contributed by atoms with E-state index >= 15 is 0 Å². The summed E-state index contributed by atoms with van der Waals surface area (Å²) in [6, 6.07) is 10.3. The molecule has 0 aliphatic rings. The normalized spacial score (nSPS) is 10.3. The van der Waals surface area contributed by atoms with Crippen molar-refractivity contribution in [1.82, 2.24) is 4.98 Å². The van der Waals surface area contributed by atoms with E-state index in [2.05, 4.69) is 4.98 Å². The summed E-state index contributed by atoms with van der Waals surface area (Å²) >= 11 is 0. The summed E-state index contributed by atoms with van der Waals surface area (Å²) in [5, 5.41) is 17.8. The molecule has 0 amide bonds. The molecule has 1 aromatic carbocycles. The van der Waals surface area contributed by atoms with Gasteiger partial charge in [-0.05, 0) is 37.1 Å². The van der Waals surface area contributed by atoms with Crippen molar-refractivity contribution in [2.24, 2.45) is 0 Å². The number of nitrogens with zero attached hydrogens (tertiary/aromatic N) is 1. The van der Waals surface area contributed by atoms with Crippen molar-refractivity contribution >= 4 is 5.97 Å². The highest BCUT2D eigenvalue weighted by Gasteiger charge is 2.09. The number of carboxylic acids is 1. The number of aliphatic hydroxyl groups is 1. The minimum Gasteiger partial charge on any atom is -0.478 e. The molecule has 104 valence electrons. The van der Waals surface area contributed by atoms with Crippen molar-refractivity contribution < 1.29 is 19.7 Å². The van der Waals surface area contributed by atoms with Crippen LogP contribution in [0.15, 0.2) is 36.4 Å². The van der Waals surface area contributed by atoms with Crippen LogP contribution in [0.3, 0.4) is 0 Å². The molecule has 0 aliphatic carbocycles. The minimum atomic E-state index is -1.00. The van der Waals surface area contributed by atoms with Gasteiger partial charge in [-0.1, -0.05) is 12.1 Å². The molecule has 20 heavy (non-hydrogen) atoms. The Hall–Kier alpha value is -2.40. The summed E-state index contributed by atoms with van der Waals surface area (Å²) in [4.78, 5) is 15.0. The van der Waals surface area contributed by atoms with Gasteiger partial charge in [0.2, 0.25) is 5.88 Å². The molecule has 0 atom stereocenters. The van der Waals surface area contributed by atoms with Crippen LogP contribution in [0.4, 0.5) is 0 Å². The summed E-state index contributed by atoms with van der Waals surface area (Å²) in [5.41, 5.74) is 1.59. The Labute approximate surface area is 116 Å². The second kappa shape index (κ2) is 6.16. The van der Waals surface area contributed by atoms with E-state index in [1.165, 1.54) is 12.1 Å². The predicted molar refractivity (Wildman–Crippen MR) is 73.2 cm³/mol. The second-order valence-electron chi connectivity index (χ2n) is 4.31. The summed E-state index contributed by atoms with van der Waals surface area (Å²) in [6.45, 7) is 1.73. The van der Waals surface area contributed by atoms with Crippen molar-refractivity contribution in [1.29, 1.82) is 0 Å². The van der Waals surface area contributed by atoms with Crippen LogP contribution in [0.25, 0.3) is 0 Å². The van der Waals surface area contributed by atoms with Crippen LogP contribution < -0.4 is 4.74 Å². The standard InChI is InChI=1S/C15H15NO4/c1-10-13(15(18)19)6-7-14(16-10)20-12-4-2-11(3-5-12)8-9-17/h2-7,17H,8-9H2,1H3,(H,18,19). The molecule has 2 rings (SSSR count). The number of aromatic nitrogens is 1. The molecule has 2 aromatic rings. The van der Waals surface area contributed by atoms with Crippen molar-refractivity contribution in [2.45, 2.75) is 13.3 Å². The summed E-state index contributed by atoms with van der Waals surface area (Å²) < 4.78 is 5.56. The first-order valence-corrected chi connectivity index (χ1v) is 6.19. The molecule has 0 saturated carbocycles. The number of pyridine rings is 1. The van der Waals surface area contributed by atoms with Gasteiger partial charge < -0.3 is 14.9 Å².